The fourth-order valence-corrected chi connectivity index (χ4v) is 5.94. The monoisotopic (exact) mass is 516 g/mol. The van der Waals surface area contributed by atoms with E-state index in [0.29, 0.717) is 17.3 Å². The number of fused-ring (bicyclic) bond motifs is 1. The van der Waals surface area contributed by atoms with Crippen LogP contribution in [-0.2, 0) is 10.0 Å². The van der Waals surface area contributed by atoms with Crippen LogP contribution >= 0.6 is 15.9 Å². The summed E-state index contributed by atoms with van der Waals surface area (Å²) >= 11 is 3.06. The average Bonchev–Trinajstić information content (AvgIpc) is 3.09. The molecule has 10 heteroatoms. The van der Waals surface area contributed by atoms with Crippen molar-refractivity contribution >= 4 is 36.9 Å². The highest BCUT2D eigenvalue weighted by Crippen LogP contribution is 2.38. The minimum Gasteiger partial charge on any atom is -0.404 e. The number of rotatable bonds is 4. The topological polar surface area (TPSA) is 62.4 Å². The molecule has 0 saturated carbocycles. The van der Waals surface area contributed by atoms with E-state index in [-0.39, 0.29) is 19.0 Å². The van der Waals surface area contributed by atoms with Crippen LogP contribution in [0.2, 0.25) is 0 Å². The average molecular weight is 517 g/mol. The largest absolute Gasteiger partial charge is 0.573 e. The van der Waals surface area contributed by atoms with Gasteiger partial charge in [-0.3, -0.25) is 0 Å². The third kappa shape index (κ3) is 4.61. The fraction of sp³-hybridized carbons (Fsp3) is 0.333. The quantitative estimate of drug-likeness (QED) is 0.483. The summed E-state index contributed by atoms with van der Waals surface area (Å²) in [5.74, 6) is -0.575. The maximum Gasteiger partial charge on any atom is 0.573 e. The number of aromatic amines is 1. The van der Waals surface area contributed by atoms with Crippen molar-refractivity contribution in [3.05, 3.63) is 58.2 Å². The lowest BCUT2D eigenvalue weighted by atomic mass is 9.90. The number of ether oxygens (including phenoxy) is 1. The van der Waals surface area contributed by atoms with Crippen LogP contribution in [0.5, 0.6) is 5.75 Å². The molecule has 4 rings (SSSR count). The van der Waals surface area contributed by atoms with Gasteiger partial charge in [0.1, 0.15) is 4.90 Å². The lowest BCUT2D eigenvalue weighted by molar-refractivity contribution is -0.275. The normalized spacial score (nSPS) is 16.7. The molecule has 1 saturated heterocycles. The van der Waals surface area contributed by atoms with Crippen LogP contribution in [0.25, 0.3) is 10.9 Å². The summed E-state index contributed by atoms with van der Waals surface area (Å²) in [6.45, 7) is 2.45. The van der Waals surface area contributed by atoms with Gasteiger partial charge in [0.15, 0.2) is 5.75 Å². The number of hydrogen-bond donors (Lipinski definition) is 1. The predicted molar refractivity (Wildman–Crippen MR) is 115 cm³/mol. The molecule has 2 aromatic carbocycles. The van der Waals surface area contributed by atoms with Crippen molar-refractivity contribution in [1.82, 2.24) is 9.29 Å². The summed E-state index contributed by atoms with van der Waals surface area (Å²) in [7, 11) is -4.14. The second-order valence-electron chi connectivity index (χ2n) is 7.61. The molecule has 2 heterocycles. The molecule has 1 aliphatic rings. The molecule has 0 radical (unpaired) electrons. The molecule has 0 unspecified atom stereocenters. The number of H-pyrrole nitrogens is 1. The Balaban J connectivity index is 1.56. The number of halogens is 4. The molecule has 1 aliphatic heterocycles. The van der Waals surface area contributed by atoms with Gasteiger partial charge in [0, 0.05) is 34.7 Å². The number of piperidine rings is 1. The van der Waals surface area contributed by atoms with Crippen LogP contribution in [0, 0.1) is 6.92 Å². The molecule has 0 spiro atoms. The zero-order chi connectivity index (χ0) is 22.4. The summed E-state index contributed by atoms with van der Waals surface area (Å²) in [5, 5.41) is 1.12. The van der Waals surface area contributed by atoms with E-state index in [1.807, 2.05) is 25.3 Å². The smallest absolute Gasteiger partial charge is 0.404 e. The van der Waals surface area contributed by atoms with Crippen LogP contribution < -0.4 is 4.74 Å². The zero-order valence-electron chi connectivity index (χ0n) is 16.5. The first-order valence-corrected chi connectivity index (χ1v) is 11.9. The summed E-state index contributed by atoms with van der Waals surface area (Å²) in [5.41, 5.74) is 3.31. The molecule has 0 bridgehead atoms. The lowest BCUT2D eigenvalue weighted by Gasteiger charge is -2.31. The molecule has 0 aliphatic carbocycles. The molecule has 3 aromatic rings. The van der Waals surface area contributed by atoms with E-state index in [0.717, 1.165) is 34.2 Å². The van der Waals surface area contributed by atoms with Gasteiger partial charge < -0.3 is 9.72 Å². The molecule has 0 atom stereocenters. The van der Waals surface area contributed by atoms with Gasteiger partial charge >= 0.3 is 6.36 Å². The standard InChI is InChI=1S/C21H20BrF3N2O3S/c1-13-2-4-18-16(10-13)17(12-26-18)14-6-8-27(9-7-14)31(28,29)20-5-3-15(22)11-19(20)30-21(23,24)25/h2-5,10-12,14,26H,6-9H2,1H3. The Labute approximate surface area is 186 Å². The molecule has 166 valence electrons. The van der Waals surface area contributed by atoms with Crippen LogP contribution in [0.3, 0.4) is 0 Å². The van der Waals surface area contributed by atoms with Crippen molar-refractivity contribution < 1.29 is 26.3 Å². The Bertz CT molecular complexity index is 1220. The maximum absolute atomic E-state index is 13.1. The summed E-state index contributed by atoms with van der Waals surface area (Å²) in [6, 6.07) is 9.68. The Kier molecular flexibility index (Phi) is 5.82. The maximum atomic E-state index is 13.1. The molecular weight excluding hydrogens is 497 g/mol. The van der Waals surface area contributed by atoms with Crippen molar-refractivity contribution in [3.8, 4) is 5.75 Å². The number of nitrogens with one attached hydrogen (secondary N) is 1. The Morgan fingerprint density at radius 3 is 2.52 bits per heavy atom. The van der Waals surface area contributed by atoms with E-state index < -0.39 is 27.0 Å². The van der Waals surface area contributed by atoms with Gasteiger partial charge in [0.25, 0.3) is 0 Å². The zero-order valence-corrected chi connectivity index (χ0v) is 18.9. The Morgan fingerprint density at radius 2 is 1.84 bits per heavy atom. The molecule has 31 heavy (non-hydrogen) atoms. The molecule has 1 fully saturated rings. The van der Waals surface area contributed by atoms with E-state index in [4.69, 9.17) is 0 Å². The number of alkyl halides is 3. The van der Waals surface area contributed by atoms with Gasteiger partial charge in [0.2, 0.25) is 10.0 Å². The highest BCUT2D eigenvalue weighted by atomic mass is 79.9. The second-order valence-corrected chi connectivity index (χ2v) is 10.4. The third-order valence-corrected chi connectivity index (χ3v) is 7.94. The van der Waals surface area contributed by atoms with Crippen molar-refractivity contribution in [2.24, 2.45) is 0 Å². The molecular formula is C21H20BrF3N2O3S. The van der Waals surface area contributed by atoms with E-state index in [9.17, 15) is 21.6 Å². The van der Waals surface area contributed by atoms with E-state index >= 15 is 0 Å². The Hall–Kier alpha value is -2.04. The predicted octanol–water partition coefficient (Wildman–Crippen LogP) is 5.71. The second kappa shape index (κ2) is 8.14. The summed E-state index contributed by atoms with van der Waals surface area (Å²) in [4.78, 5) is 2.76. The minimum atomic E-state index is -4.99. The number of benzene rings is 2. The van der Waals surface area contributed by atoms with Gasteiger partial charge in [-0.25, -0.2) is 8.42 Å². The summed E-state index contributed by atoms with van der Waals surface area (Å²) < 4.78 is 70.1. The summed E-state index contributed by atoms with van der Waals surface area (Å²) in [6.07, 6.45) is -1.88. The van der Waals surface area contributed by atoms with Gasteiger partial charge in [-0.05, 0) is 61.6 Å². The van der Waals surface area contributed by atoms with Gasteiger partial charge in [-0.15, -0.1) is 13.2 Å². The number of hydrogen-bond acceptors (Lipinski definition) is 3. The van der Waals surface area contributed by atoms with Crippen molar-refractivity contribution in [3.63, 3.8) is 0 Å². The molecule has 0 amide bonds. The molecule has 1 N–H and O–H groups in total. The molecule has 5 nitrogen and oxygen atoms in total. The van der Waals surface area contributed by atoms with E-state index in [2.05, 4.69) is 31.7 Å². The van der Waals surface area contributed by atoms with Crippen molar-refractivity contribution in [2.75, 3.05) is 13.1 Å². The first kappa shape index (κ1) is 22.2. The fourth-order valence-electron chi connectivity index (χ4n) is 4.04. The third-order valence-electron chi connectivity index (χ3n) is 5.51. The van der Waals surface area contributed by atoms with Gasteiger partial charge in [-0.1, -0.05) is 27.6 Å². The lowest BCUT2D eigenvalue weighted by Crippen LogP contribution is -2.38. The highest BCUT2D eigenvalue weighted by Gasteiger charge is 2.37. The van der Waals surface area contributed by atoms with Crippen molar-refractivity contribution in [1.29, 1.82) is 0 Å². The SMILES string of the molecule is Cc1ccc2[nH]cc(C3CCN(S(=O)(=O)c4ccc(Br)cc4OC(F)(F)F)CC3)c2c1. The van der Waals surface area contributed by atoms with Crippen LogP contribution in [0.4, 0.5) is 13.2 Å². The van der Waals surface area contributed by atoms with Crippen molar-refractivity contribution in [2.45, 2.75) is 36.9 Å². The van der Waals surface area contributed by atoms with Gasteiger partial charge in [0.05, 0.1) is 0 Å². The Morgan fingerprint density at radius 1 is 1.13 bits per heavy atom. The number of nitrogens with zero attached hydrogens (tertiary/aromatic N) is 1. The van der Waals surface area contributed by atoms with Gasteiger partial charge in [-0.2, -0.15) is 4.31 Å². The van der Waals surface area contributed by atoms with Crippen LogP contribution in [0.15, 0.2) is 52.0 Å². The first-order chi connectivity index (χ1) is 14.5. The highest BCUT2D eigenvalue weighted by molar-refractivity contribution is 9.10. The molecule has 1 aromatic heterocycles. The number of aryl methyl sites for hydroxylation is 1. The van der Waals surface area contributed by atoms with E-state index in [1.165, 1.54) is 10.4 Å². The van der Waals surface area contributed by atoms with E-state index in [1.54, 1.807) is 0 Å². The minimum absolute atomic E-state index is 0.165. The number of aromatic nitrogens is 1. The number of sulfonamides is 1. The van der Waals surface area contributed by atoms with Crippen LogP contribution in [-0.4, -0.2) is 37.2 Å². The first-order valence-electron chi connectivity index (χ1n) is 9.68. The van der Waals surface area contributed by atoms with Crippen LogP contribution in [0.1, 0.15) is 29.9 Å².